The Labute approximate surface area is 188 Å². The lowest BCUT2D eigenvalue weighted by atomic mass is 9.89. The van der Waals surface area contributed by atoms with Crippen molar-refractivity contribution in [1.29, 1.82) is 0 Å². The average molecular weight is 431 g/mol. The van der Waals surface area contributed by atoms with Crippen LogP contribution in [0.15, 0.2) is 36.9 Å². The van der Waals surface area contributed by atoms with Gasteiger partial charge in [-0.3, -0.25) is 9.58 Å². The topological polar surface area (TPSA) is 68.1 Å². The van der Waals surface area contributed by atoms with E-state index in [9.17, 15) is 0 Å². The quantitative estimate of drug-likeness (QED) is 0.534. The van der Waals surface area contributed by atoms with E-state index in [2.05, 4.69) is 44.7 Å². The summed E-state index contributed by atoms with van der Waals surface area (Å²) < 4.78 is 7.37. The predicted octanol–water partition coefficient (Wildman–Crippen LogP) is 3.50. The lowest BCUT2D eigenvalue weighted by Crippen LogP contribution is -2.46. The lowest BCUT2D eigenvalue weighted by molar-refractivity contribution is 0.00791. The summed E-state index contributed by atoms with van der Waals surface area (Å²) in [5.41, 5.74) is 7.21. The van der Waals surface area contributed by atoms with E-state index in [0.29, 0.717) is 12.1 Å². The minimum absolute atomic E-state index is 0.469. The zero-order valence-electron chi connectivity index (χ0n) is 18.6. The Bertz CT molecular complexity index is 1110. The third-order valence-corrected chi connectivity index (χ3v) is 7.30. The molecule has 1 N–H and O–H groups in total. The largest absolute Gasteiger partial charge is 0.379 e. The Hall–Kier alpha value is -2.77. The monoisotopic (exact) mass is 430 g/mol. The summed E-state index contributed by atoms with van der Waals surface area (Å²) in [6.45, 7) is 3.92. The van der Waals surface area contributed by atoms with E-state index in [-0.39, 0.29) is 0 Å². The molecular weight excluding hydrogens is 400 g/mol. The Morgan fingerprint density at radius 1 is 1.03 bits per heavy atom. The minimum Gasteiger partial charge on any atom is -0.379 e. The van der Waals surface area contributed by atoms with Crippen LogP contribution in [0.4, 0.5) is 5.82 Å². The number of morpholine rings is 1. The van der Waals surface area contributed by atoms with Gasteiger partial charge in [0, 0.05) is 56.0 Å². The van der Waals surface area contributed by atoms with Gasteiger partial charge >= 0.3 is 0 Å². The number of fused-ring (bicyclic) bond motifs is 3. The highest BCUT2D eigenvalue weighted by atomic mass is 16.5. The molecule has 2 aliphatic carbocycles. The first-order valence-electron chi connectivity index (χ1n) is 11.8. The van der Waals surface area contributed by atoms with E-state index >= 15 is 0 Å². The van der Waals surface area contributed by atoms with Crippen molar-refractivity contribution in [3.63, 3.8) is 0 Å². The van der Waals surface area contributed by atoms with Gasteiger partial charge in [0.05, 0.1) is 25.1 Å². The van der Waals surface area contributed by atoms with Crippen LogP contribution in [-0.2, 0) is 18.2 Å². The molecule has 32 heavy (non-hydrogen) atoms. The van der Waals surface area contributed by atoms with Crippen molar-refractivity contribution in [3.8, 4) is 22.3 Å². The second-order valence-electron chi connectivity index (χ2n) is 9.29. The van der Waals surface area contributed by atoms with Crippen molar-refractivity contribution < 1.29 is 4.74 Å². The molecular formula is C25H30N6O. The van der Waals surface area contributed by atoms with E-state index < -0.39 is 0 Å². The van der Waals surface area contributed by atoms with Crippen molar-refractivity contribution in [2.45, 2.75) is 44.2 Å². The maximum atomic E-state index is 5.53. The normalized spacial score (nSPS) is 23.0. The fourth-order valence-corrected chi connectivity index (χ4v) is 5.56. The Kier molecular flexibility index (Phi) is 5.15. The van der Waals surface area contributed by atoms with Crippen LogP contribution < -0.4 is 5.32 Å². The van der Waals surface area contributed by atoms with Gasteiger partial charge in [-0.2, -0.15) is 5.10 Å². The summed E-state index contributed by atoms with van der Waals surface area (Å²) in [6, 6.07) is 7.88. The van der Waals surface area contributed by atoms with Crippen LogP contribution in [0.1, 0.15) is 36.9 Å². The van der Waals surface area contributed by atoms with Gasteiger partial charge in [0.1, 0.15) is 12.1 Å². The molecule has 1 aliphatic heterocycles. The average Bonchev–Trinajstić information content (AvgIpc) is 3.43. The van der Waals surface area contributed by atoms with E-state index in [1.165, 1.54) is 47.9 Å². The molecule has 3 aliphatic rings. The highest BCUT2D eigenvalue weighted by Crippen LogP contribution is 2.42. The first-order valence-corrected chi connectivity index (χ1v) is 11.8. The molecule has 0 unspecified atom stereocenters. The Balaban J connectivity index is 1.22. The van der Waals surface area contributed by atoms with Gasteiger partial charge in [0.15, 0.2) is 0 Å². The van der Waals surface area contributed by atoms with Gasteiger partial charge in [0.25, 0.3) is 0 Å². The number of hydrogen-bond donors (Lipinski definition) is 1. The molecule has 0 radical (unpaired) electrons. The first-order chi connectivity index (χ1) is 15.7. The molecule has 0 spiro atoms. The highest BCUT2D eigenvalue weighted by molar-refractivity contribution is 5.86. The van der Waals surface area contributed by atoms with Gasteiger partial charge in [-0.15, -0.1) is 0 Å². The number of nitrogens with zero attached hydrogens (tertiary/aromatic N) is 5. The Morgan fingerprint density at radius 2 is 1.88 bits per heavy atom. The summed E-state index contributed by atoms with van der Waals surface area (Å²) in [4.78, 5) is 11.9. The first kappa shape index (κ1) is 19.9. The molecule has 3 heterocycles. The number of hydrogen-bond acceptors (Lipinski definition) is 6. The molecule has 2 fully saturated rings. The summed E-state index contributed by atoms with van der Waals surface area (Å²) in [7, 11) is 1.95. The summed E-state index contributed by atoms with van der Waals surface area (Å²) in [5.74, 6) is 0.993. The fourth-order valence-electron chi connectivity index (χ4n) is 5.56. The van der Waals surface area contributed by atoms with Gasteiger partial charge in [-0.25, -0.2) is 9.97 Å². The SMILES string of the molecule is Cn1cc(-c2ccc3c(c2)-c2c(ncnc2NC2CCC(N4CCOCC4)CC2)C3)cn1. The van der Waals surface area contributed by atoms with Crippen molar-refractivity contribution >= 4 is 5.82 Å². The molecule has 0 bridgehead atoms. The van der Waals surface area contributed by atoms with Crippen LogP contribution in [0.3, 0.4) is 0 Å². The van der Waals surface area contributed by atoms with Gasteiger partial charge in [0.2, 0.25) is 0 Å². The molecule has 0 amide bonds. The third-order valence-electron chi connectivity index (χ3n) is 7.30. The number of aromatic nitrogens is 4. The molecule has 0 atom stereocenters. The molecule has 6 rings (SSSR count). The summed E-state index contributed by atoms with van der Waals surface area (Å²) in [5, 5.41) is 8.13. The molecule has 166 valence electrons. The van der Waals surface area contributed by atoms with Crippen LogP contribution in [-0.4, -0.2) is 63.0 Å². The maximum Gasteiger partial charge on any atom is 0.137 e. The number of rotatable bonds is 4. The van der Waals surface area contributed by atoms with Crippen LogP contribution >= 0.6 is 0 Å². The maximum absolute atomic E-state index is 5.53. The van der Waals surface area contributed by atoms with E-state index in [4.69, 9.17) is 9.72 Å². The summed E-state index contributed by atoms with van der Waals surface area (Å²) >= 11 is 0. The van der Waals surface area contributed by atoms with Crippen molar-refractivity contribution in [1.82, 2.24) is 24.6 Å². The Morgan fingerprint density at radius 3 is 2.66 bits per heavy atom. The standard InChI is InChI=1S/C25H30N6O/c1-30-15-19(14-28-30)17-2-3-18-13-23-24(22(18)12-17)25(27-16-26-23)29-20-4-6-21(7-5-20)31-8-10-32-11-9-31/h2-3,12,14-16,20-21H,4-11,13H2,1H3,(H,26,27,29). The van der Waals surface area contributed by atoms with Gasteiger partial charge in [-0.1, -0.05) is 12.1 Å². The highest BCUT2D eigenvalue weighted by Gasteiger charge is 2.29. The molecule has 3 aromatic rings. The van der Waals surface area contributed by atoms with Crippen LogP contribution in [0.5, 0.6) is 0 Å². The van der Waals surface area contributed by atoms with Crippen molar-refractivity contribution in [2.75, 3.05) is 31.6 Å². The minimum atomic E-state index is 0.469. The van der Waals surface area contributed by atoms with E-state index in [1.807, 2.05) is 17.9 Å². The molecule has 2 aromatic heterocycles. The molecule has 1 saturated heterocycles. The van der Waals surface area contributed by atoms with Crippen molar-refractivity contribution in [3.05, 3.63) is 48.2 Å². The van der Waals surface area contributed by atoms with Crippen LogP contribution in [0, 0.1) is 0 Å². The second kappa shape index (κ2) is 8.30. The smallest absolute Gasteiger partial charge is 0.137 e. The molecule has 1 aromatic carbocycles. The number of benzene rings is 1. The van der Waals surface area contributed by atoms with Crippen LogP contribution in [0.2, 0.25) is 0 Å². The number of aryl methyl sites for hydroxylation is 1. The summed E-state index contributed by atoms with van der Waals surface area (Å²) in [6.07, 6.45) is 11.4. The second-order valence-corrected chi connectivity index (χ2v) is 9.29. The van der Waals surface area contributed by atoms with Gasteiger partial charge < -0.3 is 10.1 Å². The van der Waals surface area contributed by atoms with E-state index in [0.717, 1.165) is 49.8 Å². The fraction of sp³-hybridized carbons (Fsp3) is 0.480. The number of nitrogens with one attached hydrogen (secondary N) is 1. The molecule has 7 nitrogen and oxygen atoms in total. The lowest BCUT2D eigenvalue weighted by Gasteiger charge is -2.39. The molecule has 1 saturated carbocycles. The predicted molar refractivity (Wildman–Crippen MR) is 125 cm³/mol. The van der Waals surface area contributed by atoms with E-state index in [1.54, 1.807) is 6.33 Å². The van der Waals surface area contributed by atoms with Crippen molar-refractivity contribution in [2.24, 2.45) is 7.05 Å². The van der Waals surface area contributed by atoms with Crippen LogP contribution in [0.25, 0.3) is 22.3 Å². The van der Waals surface area contributed by atoms with Gasteiger partial charge in [-0.05, 0) is 48.4 Å². The number of anilines is 1. The zero-order chi connectivity index (χ0) is 21.5. The third kappa shape index (κ3) is 3.69. The number of ether oxygens (including phenoxy) is 1. The zero-order valence-corrected chi connectivity index (χ0v) is 18.6. The molecule has 7 heteroatoms.